The zero-order valence-corrected chi connectivity index (χ0v) is 19.0. The molecule has 4 aromatic rings. The predicted molar refractivity (Wildman–Crippen MR) is 128 cm³/mol. The Labute approximate surface area is 196 Å². The van der Waals surface area contributed by atoms with E-state index >= 15 is 0 Å². The number of aromatic nitrogens is 3. The average Bonchev–Trinajstić information content (AvgIpc) is 3.24. The molecule has 1 fully saturated rings. The largest absolute Gasteiger partial charge is 0.487 e. The summed E-state index contributed by atoms with van der Waals surface area (Å²) in [5, 5.41) is 10.9. The fourth-order valence-corrected chi connectivity index (χ4v) is 4.31. The molecule has 3 heterocycles. The maximum Gasteiger partial charge on any atom is 0.265 e. The number of amides is 1. The van der Waals surface area contributed by atoms with Gasteiger partial charge < -0.3 is 4.74 Å². The second-order valence-corrected chi connectivity index (χ2v) is 8.63. The maximum absolute atomic E-state index is 13.0. The molecule has 5 rings (SSSR count). The number of H-pyrrole nitrogens is 1. The molecule has 2 aromatic heterocycles. The second kappa shape index (κ2) is 9.21. The molecule has 0 aliphatic carbocycles. The Morgan fingerprint density at radius 1 is 1.21 bits per heavy atom. The molecule has 8 heteroatoms. The van der Waals surface area contributed by atoms with Gasteiger partial charge in [-0.05, 0) is 62.2 Å². The third-order valence-electron chi connectivity index (χ3n) is 5.76. The number of aryl methyl sites for hydroxylation is 1. The van der Waals surface area contributed by atoms with Gasteiger partial charge in [-0.25, -0.2) is 5.01 Å². The molecule has 2 N–H and O–H groups in total. The number of aromatic amines is 1. The number of hydrogen-bond acceptors (Lipinski definition) is 5. The van der Waals surface area contributed by atoms with E-state index in [2.05, 4.69) is 20.6 Å². The van der Waals surface area contributed by atoms with E-state index in [9.17, 15) is 4.79 Å². The highest BCUT2D eigenvalue weighted by Gasteiger charge is 2.24. The maximum atomic E-state index is 13.0. The first-order chi connectivity index (χ1) is 16.1. The van der Waals surface area contributed by atoms with Gasteiger partial charge in [0.1, 0.15) is 17.5 Å². The van der Waals surface area contributed by atoms with Crippen LogP contribution in [0.4, 0.5) is 0 Å². The highest BCUT2D eigenvalue weighted by molar-refractivity contribution is 6.32. The van der Waals surface area contributed by atoms with Crippen molar-refractivity contribution in [3.63, 3.8) is 0 Å². The molecule has 1 aliphatic heterocycles. The molecule has 1 aliphatic rings. The minimum Gasteiger partial charge on any atom is -0.487 e. The minimum atomic E-state index is -0.159. The van der Waals surface area contributed by atoms with Crippen molar-refractivity contribution in [2.24, 2.45) is 0 Å². The number of benzene rings is 2. The van der Waals surface area contributed by atoms with Crippen molar-refractivity contribution >= 4 is 28.4 Å². The lowest BCUT2D eigenvalue weighted by Gasteiger charge is -2.33. The summed E-state index contributed by atoms with van der Waals surface area (Å²) in [6, 6.07) is 16.9. The molecule has 1 atom stereocenters. The lowest BCUT2D eigenvalue weighted by Crippen LogP contribution is -2.50. The fourth-order valence-electron chi connectivity index (χ4n) is 4.13. The highest BCUT2D eigenvalue weighted by atomic mass is 35.5. The van der Waals surface area contributed by atoms with Crippen LogP contribution in [0.5, 0.6) is 5.75 Å². The summed E-state index contributed by atoms with van der Waals surface area (Å²) in [6.07, 6.45) is 3.55. The highest BCUT2D eigenvalue weighted by Crippen LogP contribution is 2.28. The van der Waals surface area contributed by atoms with Crippen LogP contribution in [0.2, 0.25) is 5.02 Å². The molecule has 0 bridgehead atoms. The lowest BCUT2D eigenvalue weighted by molar-refractivity contribution is 0.0463. The SMILES string of the molecule is Cc1cc(-c2n[nH]c3ccc(C(=O)NN4CCCC(Oc5ccccc5Cl)C4)cc23)ccn1. The molecule has 1 unspecified atom stereocenters. The quantitative estimate of drug-likeness (QED) is 0.447. The summed E-state index contributed by atoms with van der Waals surface area (Å²) < 4.78 is 6.08. The van der Waals surface area contributed by atoms with Crippen molar-refractivity contribution < 1.29 is 9.53 Å². The molecule has 1 saturated heterocycles. The number of ether oxygens (including phenoxy) is 1. The molecular formula is C25H24ClN5O2. The van der Waals surface area contributed by atoms with E-state index in [4.69, 9.17) is 16.3 Å². The first-order valence-electron chi connectivity index (χ1n) is 10.9. The van der Waals surface area contributed by atoms with Gasteiger partial charge in [0.25, 0.3) is 5.91 Å². The van der Waals surface area contributed by atoms with E-state index in [1.807, 2.05) is 60.5 Å². The summed E-state index contributed by atoms with van der Waals surface area (Å²) >= 11 is 6.23. The van der Waals surface area contributed by atoms with Crippen LogP contribution in [0.1, 0.15) is 28.9 Å². The first-order valence-corrected chi connectivity index (χ1v) is 11.3. The standard InChI is InChI=1S/C25H24ClN5O2/c1-16-13-17(10-11-27-16)24-20-14-18(8-9-22(20)28-29-24)25(32)30-31-12-4-5-19(15-31)33-23-7-3-2-6-21(23)26/h2-3,6-11,13-14,19H,4-5,12,15H2,1H3,(H,28,29)(H,30,32). The van der Waals surface area contributed by atoms with Crippen molar-refractivity contribution in [1.82, 2.24) is 25.6 Å². The van der Waals surface area contributed by atoms with E-state index in [-0.39, 0.29) is 12.0 Å². The number of para-hydroxylation sites is 1. The molecule has 2 aromatic carbocycles. The third-order valence-corrected chi connectivity index (χ3v) is 6.08. The third kappa shape index (κ3) is 4.69. The Balaban J connectivity index is 1.30. The number of nitrogens with one attached hydrogen (secondary N) is 2. The van der Waals surface area contributed by atoms with Crippen LogP contribution in [0.15, 0.2) is 60.8 Å². The number of hydrazine groups is 1. The summed E-state index contributed by atoms with van der Waals surface area (Å²) in [6.45, 7) is 3.30. The van der Waals surface area contributed by atoms with E-state index in [1.54, 1.807) is 12.3 Å². The van der Waals surface area contributed by atoms with Gasteiger partial charge in [0.05, 0.1) is 17.1 Å². The van der Waals surface area contributed by atoms with E-state index in [0.717, 1.165) is 47.2 Å². The van der Waals surface area contributed by atoms with Gasteiger partial charge in [0.15, 0.2) is 0 Å². The zero-order chi connectivity index (χ0) is 22.8. The lowest BCUT2D eigenvalue weighted by atomic mass is 10.1. The van der Waals surface area contributed by atoms with Gasteiger partial charge in [-0.3, -0.25) is 20.3 Å². The van der Waals surface area contributed by atoms with Gasteiger partial charge in [0.2, 0.25) is 0 Å². The molecule has 168 valence electrons. The molecular weight excluding hydrogens is 438 g/mol. The van der Waals surface area contributed by atoms with Crippen molar-refractivity contribution in [3.8, 4) is 17.0 Å². The zero-order valence-electron chi connectivity index (χ0n) is 18.2. The number of carbonyl (C=O) groups is 1. The number of hydrogen-bond donors (Lipinski definition) is 2. The molecule has 0 radical (unpaired) electrons. The second-order valence-electron chi connectivity index (χ2n) is 8.22. The number of carbonyl (C=O) groups excluding carboxylic acids is 1. The average molecular weight is 462 g/mol. The van der Waals surface area contributed by atoms with Crippen LogP contribution in [0.25, 0.3) is 22.2 Å². The number of nitrogens with zero attached hydrogens (tertiary/aromatic N) is 3. The van der Waals surface area contributed by atoms with E-state index < -0.39 is 0 Å². The topological polar surface area (TPSA) is 83.1 Å². The summed E-state index contributed by atoms with van der Waals surface area (Å²) in [5.74, 6) is 0.509. The molecule has 7 nitrogen and oxygen atoms in total. The molecule has 33 heavy (non-hydrogen) atoms. The van der Waals surface area contributed by atoms with E-state index in [1.165, 1.54) is 0 Å². The van der Waals surface area contributed by atoms with Crippen LogP contribution in [0.3, 0.4) is 0 Å². The van der Waals surface area contributed by atoms with Gasteiger partial charge in [-0.2, -0.15) is 5.10 Å². The van der Waals surface area contributed by atoms with Crippen LogP contribution in [-0.4, -0.2) is 45.3 Å². The summed E-state index contributed by atoms with van der Waals surface area (Å²) in [5.41, 5.74) is 7.16. The van der Waals surface area contributed by atoms with Crippen LogP contribution in [-0.2, 0) is 0 Å². The number of pyridine rings is 1. The number of fused-ring (bicyclic) bond motifs is 1. The van der Waals surface area contributed by atoms with Crippen molar-refractivity contribution in [1.29, 1.82) is 0 Å². The molecule has 0 spiro atoms. The summed E-state index contributed by atoms with van der Waals surface area (Å²) in [7, 11) is 0. The Hall–Kier alpha value is -3.42. The minimum absolute atomic E-state index is 0.0446. The Morgan fingerprint density at radius 2 is 2.09 bits per heavy atom. The number of rotatable bonds is 5. The first kappa shape index (κ1) is 21.4. The van der Waals surface area contributed by atoms with Gasteiger partial charge >= 0.3 is 0 Å². The van der Waals surface area contributed by atoms with E-state index in [0.29, 0.717) is 22.9 Å². The van der Waals surface area contributed by atoms with Crippen molar-refractivity contribution in [2.45, 2.75) is 25.9 Å². The van der Waals surface area contributed by atoms with Crippen LogP contribution >= 0.6 is 11.6 Å². The summed E-state index contributed by atoms with van der Waals surface area (Å²) in [4.78, 5) is 17.3. The van der Waals surface area contributed by atoms with Crippen molar-refractivity contribution in [3.05, 3.63) is 77.1 Å². The number of piperidine rings is 1. The fraction of sp³-hybridized carbons (Fsp3) is 0.240. The molecule has 0 saturated carbocycles. The Kier molecular flexibility index (Phi) is 5.98. The van der Waals surface area contributed by atoms with Gasteiger partial charge in [-0.1, -0.05) is 23.7 Å². The molecule has 1 amide bonds. The Morgan fingerprint density at radius 3 is 2.94 bits per heavy atom. The van der Waals surface area contributed by atoms with Gasteiger partial charge in [0, 0.05) is 34.9 Å². The smallest absolute Gasteiger partial charge is 0.265 e. The van der Waals surface area contributed by atoms with Crippen LogP contribution < -0.4 is 10.2 Å². The van der Waals surface area contributed by atoms with Gasteiger partial charge in [-0.15, -0.1) is 0 Å². The van der Waals surface area contributed by atoms with Crippen LogP contribution in [0, 0.1) is 6.92 Å². The van der Waals surface area contributed by atoms with Crippen molar-refractivity contribution in [2.75, 3.05) is 13.1 Å². The normalized spacial score (nSPS) is 16.6. The number of halogens is 1. The Bertz CT molecular complexity index is 1300. The monoisotopic (exact) mass is 461 g/mol. The predicted octanol–water partition coefficient (Wildman–Crippen LogP) is 4.77.